The molecule has 0 unspecified atom stereocenters. The van der Waals surface area contributed by atoms with Gasteiger partial charge in [0.15, 0.2) is 5.13 Å². The molecule has 3 aromatic carbocycles. The lowest BCUT2D eigenvalue weighted by molar-refractivity contribution is -0.137. The van der Waals surface area contributed by atoms with E-state index in [9.17, 15) is 18.0 Å². The molecule has 0 atom stereocenters. The second kappa shape index (κ2) is 12.7. The van der Waals surface area contributed by atoms with E-state index in [1.165, 1.54) is 29.7 Å². The smallest absolute Gasteiger partial charge is 0.416 e. The molecule has 1 amide bonds. The first-order valence-corrected chi connectivity index (χ1v) is 13.8. The minimum Gasteiger partial charge on any atom is -0.488 e. The summed E-state index contributed by atoms with van der Waals surface area (Å²) in [5.41, 5.74) is 4.12. The van der Waals surface area contributed by atoms with E-state index in [1.807, 2.05) is 42.5 Å². The monoisotopic (exact) mass is 714 g/mol. The highest BCUT2D eigenvalue weighted by Gasteiger charge is 2.30. The van der Waals surface area contributed by atoms with Gasteiger partial charge in [-0.2, -0.15) is 18.3 Å². The van der Waals surface area contributed by atoms with Crippen LogP contribution in [0.1, 0.15) is 22.4 Å². The van der Waals surface area contributed by atoms with Gasteiger partial charge in [-0.15, -0.1) is 11.3 Å². The predicted octanol–water partition coefficient (Wildman–Crippen LogP) is 7.54. The molecular weight excluding hydrogens is 696 g/mol. The molecule has 1 aromatic heterocycles. The molecule has 12 heteroatoms. The molecule has 196 valence electrons. The summed E-state index contributed by atoms with van der Waals surface area (Å²) < 4.78 is 46.7. The molecule has 2 N–H and O–H groups in total. The highest BCUT2D eigenvalue weighted by molar-refractivity contribution is 14.1. The molecule has 4 aromatic rings. The Hall–Kier alpha value is -2.97. The van der Waals surface area contributed by atoms with Crippen LogP contribution in [0.25, 0.3) is 0 Å². The maximum atomic E-state index is 12.9. The number of carbonyl (C=O) groups is 1. The van der Waals surface area contributed by atoms with Gasteiger partial charge in [0.05, 0.1) is 23.9 Å². The van der Waals surface area contributed by atoms with Crippen molar-refractivity contribution < 1.29 is 22.7 Å². The first-order chi connectivity index (χ1) is 18.2. The second-order valence-electron chi connectivity index (χ2n) is 7.91. The number of benzene rings is 3. The summed E-state index contributed by atoms with van der Waals surface area (Å²) in [6.07, 6.45) is -2.99. The Morgan fingerprint density at radius 1 is 1.13 bits per heavy atom. The number of nitrogens with one attached hydrogen (secondary N) is 2. The third-order valence-electron chi connectivity index (χ3n) is 5.01. The number of anilines is 2. The van der Waals surface area contributed by atoms with E-state index in [2.05, 4.69) is 59.3 Å². The Balaban J connectivity index is 1.32. The summed E-state index contributed by atoms with van der Waals surface area (Å²) in [5, 5.41) is 8.91. The molecule has 1 heterocycles. The molecule has 0 aliphatic rings. The second-order valence-corrected chi connectivity index (χ2v) is 10.9. The molecule has 0 spiro atoms. The van der Waals surface area contributed by atoms with E-state index < -0.39 is 17.6 Å². The lowest BCUT2D eigenvalue weighted by atomic mass is 10.2. The number of alkyl halides is 3. The maximum absolute atomic E-state index is 12.9. The van der Waals surface area contributed by atoms with Gasteiger partial charge in [0.2, 0.25) is 5.91 Å². The Kier molecular flexibility index (Phi) is 9.39. The van der Waals surface area contributed by atoms with Crippen LogP contribution < -0.4 is 15.5 Å². The molecule has 0 aliphatic heterocycles. The summed E-state index contributed by atoms with van der Waals surface area (Å²) >= 11 is 6.86. The van der Waals surface area contributed by atoms with Gasteiger partial charge in [-0.05, 0) is 76.7 Å². The van der Waals surface area contributed by atoms with Crippen LogP contribution in [0.4, 0.5) is 24.0 Å². The molecule has 0 aliphatic carbocycles. The summed E-state index contributed by atoms with van der Waals surface area (Å²) in [4.78, 5) is 16.6. The molecule has 0 radical (unpaired) electrons. The number of nitrogens with zero attached hydrogens (tertiary/aromatic N) is 2. The van der Waals surface area contributed by atoms with Crippen LogP contribution in [0.3, 0.4) is 0 Å². The number of rotatable bonds is 9. The van der Waals surface area contributed by atoms with Gasteiger partial charge in [-0.3, -0.25) is 4.79 Å². The zero-order valence-electron chi connectivity index (χ0n) is 19.4. The van der Waals surface area contributed by atoms with Crippen molar-refractivity contribution in [3.8, 4) is 5.75 Å². The zero-order valence-corrected chi connectivity index (χ0v) is 24.0. The largest absolute Gasteiger partial charge is 0.488 e. The SMILES string of the molecule is O=C(Cc1csc(Nc2cccc(C(F)(F)F)c2)n1)N/N=C\c1cc(Br)ccc1OCc1ccc(I)cc1. The molecule has 0 saturated carbocycles. The molecule has 4 rings (SSSR count). The number of hydrogen-bond donors (Lipinski definition) is 2. The Morgan fingerprint density at radius 2 is 1.92 bits per heavy atom. The number of carbonyl (C=O) groups excluding carboxylic acids is 1. The van der Waals surface area contributed by atoms with Gasteiger partial charge in [-0.25, -0.2) is 10.4 Å². The van der Waals surface area contributed by atoms with Crippen LogP contribution in [0, 0.1) is 3.57 Å². The Labute approximate surface area is 242 Å². The van der Waals surface area contributed by atoms with Gasteiger partial charge >= 0.3 is 6.18 Å². The number of hydrazone groups is 1. The van der Waals surface area contributed by atoms with E-state index >= 15 is 0 Å². The number of aromatic nitrogens is 1. The van der Waals surface area contributed by atoms with Crippen LogP contribution in [0.15, 0.2) is 81.7 Å². The van der Waals surface area contributed by atoms with Crippen LogP contribution in [-0.4, -0.2) is 17.1 Å². The van der Waals surface area contributed by atoms with Gasteiger partial charge in [0.1, 0.15) is 12.4 Å². The van der Waals surface area contributed by atoms with Crippen molar-refractivity contribution in [3.63, 3.8) is 0 Å². The fraction of sp³-hybridized carbons (Fsp3) is 0.115. The van der Waals surface area contributed by atoms with E-state index in [0.717, 1.165) is 25.7 Å². The number of thiazole rings is 1. The van der Waals surface area contributed by atoms with Gasteiger partial charge in [0.25, 0.3) is 0 Å². The molecule has 6 nitrogen and oxygen atoms in total. The van der Waals surface area contributed by atoms with Gasteiger partial charge in [0, 0.05) is 24.7 Å². The van der Waals surface area contributed by atoms with Crippen molar-refractivity contribution in [2.24, 2.45) is 5.10 Å². The molecule has 0 saturated heterocycles. The van der Waals surface area contributed by atoms with E-state index in [1.54, 1.807) is 5.38 Å². The Morgan fingerprint density at radius 3 is 2.68 bits per heavy atom. The standard InChI is InChI=1S/C26H19BrF3IN4O2S/c27-19-6-9-23(37-14-16-4-7-20(31)8-5-16)17(10-19)13-32-35-24(36)12-22-15-38-25(34-22)33-21-3-1-2-18(11-21)26(28,29)30/h1-11,13,15H,12,14H2,(H,33,34)(H,35,36)/b32-13-. The summed E-state index contributed by atoms with van der Waals surface area (Å²) in [6.45, 7) is 0.381. The average molecular weight is 715 g/mol. The lowest BCUT2D eigenvalue weighted by Gasteiger charge is -2.10. The highest BCUT2D eigenvalue weighted by Crippen LogP contribution is 2.32. The summed E-state index contributed by atoms with van der Waals surface area (Å²) in [7, 11) is 0. The Bertz CT molecular complexity index is 1450. The zero-order chi connectivity index (χ0) is 27.1. The third kappa shape index (κ3) is 8.27. The fourth-order valence-electron chi connectivity index (χ4n) is 3.21. The van der Waals surface area contributed by atoms with Crippen molar-refractivity contribution >= 4 is 72.8 Å². The first kappa shape index (κ1) is 28.0. The summed E-state index contributed by atoms with van der Waals surface area (Å²) in [5.74, 6) is 0.211. The van der Waals surface area contributed by atoms with E-state index in [0.29, 0.717) is 28.7 Å². The fourth-order valence-corrected chi connectivity index (χ4v) is 4.68. The van der Waals surface area contributed by atoms with Gasteiger partial charge in [-0.1, -0.05) is 34.1 Å². The predicted molar refractivity (Wildman–Crippen MR) is 154 cm³/mol. The molecule has 0 bridgehead atoms. The summed E-state index contributed by atoms with van der Waals surface area (Å²) in [6, 6.07) is 18.3. The molecule has 0 fully saturated rings. The van der Waals surface area contributed by atoms with Crippen LogP contribution >= 0.6 is 49.9 Å². The minimum atomic E-state index is -4.44. The van der Waals surface area contributed by atoms with Crippen molar-refractivity contribution in [1.29, 1.82) is 0 Å². The number of amides is 1. The lowest BCUT2D eigenvalue weighted by Crippen LogP contribution is -2.20. The third-order valence-corrected chi connectivity index (χ3v) is 7.03. The van der Waals surface area contributed by atoms with Crippen LogP contribution in [0.2, 0.25) is 0 Å². The maximum Gasteiger partial charge on any atom is 0.416 e. The average Bonchev–Trinajstić information content (AvgIpc) is 3.30. The number of hydrogen-bond acceptors (Lipinski definition) is 6. The first-order valence-electron chi connectivity index (χ1n) is 11.0. The van der Waals surface area contributed by atoms with E-state index in [4.69, 9.17) is 4.74 Å². The quantitative estimate of drug-likeness (QED) is 0.107. The van der Waals surface area contributed by atoms with Crippen LogP contribution in [0.5, 0.6) is 5.75 Å². The molecular formula is C26H19BrF3IN4O2S. The topological polar surface area (TPSA) is 75.6 Å². The van der Waals surface area contributed by atoms with Crippen molar-refractivity contribution in [1.82, 2.24) is 10.4 Å². The van der Waals surface area contributed by atoms with Crippen molar-refractivity contribution in [2.75, 3.05) is 5.32 Å². The van der Waals surface area contributed by atoms with Gasteiger partial charge < -0.3 is 10.1 Å². The normalized spacial score (nSPS) is 11.5. The number of ether oxygens (including phenoxy) is 1. The van der Waals surface area contributed by atoms with Crippen molar-refractivity contribution in [3.05, 3.63) is 103 Å². The molecule has 38 heavy (non-hydrogen) atoms. The van der Waals surface area contributed by atoms with Crippen molar-refractivity contribution in [2.45, 2.75) is 19.2 Å². The number of halogens is 5. The minimum absolute atomic E-state index is 0.0489. The van der Waals surface area contributed by atoms with E-state index in [-0.39, 0.29) is 12.1 Å². The highest BCUT2D eigenvalue weighted by atomic mass is 127. The van der Waals surface area contributed by atoms with Crippen LogP contribution in [-0.2, 0) is 24.0 Å².